The van der Waals surface area contributed by atoms with Gasteiger partial charge in [0, 0.05) is 24.1 Å². The van der Waals surface area contributed by atoms with E-state index in [0.717, 1.165) is 33.7 Å². The van der Waals surface area contributed by atoms with Crippen molar-refractivity contribution in [3.05, 3.63) is 87.5 Å². The quantitative estimate of drug-likeness (QED) is 0.599. The van der Waals surface area contributed by atoms with Crippen molar-refractivity contribution in [1.29, 1.82) is 0 Å². The lowest BCUT2D eigenvalue weighted by molar-refractivity contribution is -0.114. The van der Waals surface area contributed by atoms with E-state index in [-0.39, 0.29) is 28.8 Å². The van der Waals surface area contributed by atoms with Crippen LogP contribution in [0.2, 0.25) is 0 Å². The molecular weight excluding hydrogens is 413 g/mol. The fraction of sp³-hybridized carbons (Fsp3) is 0.241. The molecule has 0 aromatic heterocycles. The molecule has 1 atom stereocenters. The number of nitrogens with one attached hydrogen (secondary N) is 1. The van der Waals surface area contributed by atoms with Crippen LogP contribution in [-0.4, -0.2) is 11.7 Å². The Morgan fingerprint density at radius 3 is 2.45 bits per heavy atom. The van der Waals surface area contributed by atoms with Crippen LogP contribution in [0.1, 0.15) is 48.7 Å². The zero-order valence-corrected chi connectivity index (χ0v) is 19.0. The minimum absolute atomic E-state index is 0.0236. The Labute approximate surface area is 192 Å². The summed E-state index contributed by atoms with van der Waals surface area (Å²) < 4.78 is 13.4. The van der Waals surface area contributed by atoms with Gasteiger partial charge in [-0.15, -0.1) is 0 Å². The zero-order chi connectivity index (χ0) is 23.3. The number of hydrogen-bond acceptors (Lipinski definition) is 2. The molecule has 1 unspecified atom stereocenters. The number of amides is 1. The van der Waals surface area contributed by atoms with E-state index in [1.165, 1.54) is 30.2 Å². The maximum atomic E-state index is 13.4. The summed E-state index contributed by atoms with van der Waals surface area (Å²) in [6, 6.07) is 16.2. The normalized spacial score (nSPS) is 17.5. The van der Waals surface area contributed by atoms with Crippen molar-refractivity contribution >= 4 is 29.5 Å². The number of benzene rings is 3. The number of carbonyl (C=O) groups excluding carboxylic acids is 2. The van der Waals surface area contributed by atoms with Crippen LogP contribution in [0.25, 0.3) is 23.3 Å². The molecule has 1 amide bonds. The molecule has 0 fully saturated rings. The molecule has 0 aliphatic heterocycles. The van der Waals surface area contributed by atoms with Gasteiger partial charge in [-0.05, 0) is 87.3 Å². The van der Waals surface area contributed by atoms with E-state index < -0.39 is 0 Å². The molecule has 5 rings (SSSR count). The van der Waals surface area contributed by atoms with E-state index in [1.54, 1.807) is 12.1 Å². The second-order valence-corrected chi connectivity index (χ2v) is 9.68. The van der Waals surface area contributed by atoms with Crippen molar-refractivity contribution in [3.8, 4) is 11.1 Å². The number of ketones is 1. The van der Waals surface area contributed by atoms with Crippen molar-refractivity contribution in [2.45, 2.75) is 39.0 Å². The van der Waals surface area contributed by atoms with Gasteiger partial charge in [0.05, 0.1) is 0 Å². The molecule has 2 aliphatic carbocycles. The highest BCUT2D eigenvalue weighted by molar-refractivity contribution is 6.01. The molecule has 0 heterocycles. The highest BCUT2D eigenvalue weighted by Crippen LogP contribution is 2.35. The Morgan fingerprint density at radius 1 is 0.970 bits per heavy atom. The van der Waals surface area contributed by atoms with E-state index >= 15 is 0 Å². The summed E-state index contributed by atoms with van der Waals surface area (Å²) in [4.78, 5) is 24.9. The Morgan fingerprint density at radius 2 is 1.73 bits per heavy atom. The van der Waals surface area contributed by atoms with Gasteiger partial charge in [0.15, 0.2) is 5.78 Å². The van der Waals surface area contributed by atoms with E-state index in [2.05, 4.69) is 49.5 Å². The number of halogens is 1. The number of fused-ring (bicyclic) bond motifs is 5. The topological polar surface area (TPSA) is 46.2 Å². The third kappa shape index (κ3) is 3.80. The second-order valence-electron chi connectivity index (χ2n) is 9.68. The maximum Gasteiger partial charge on any atom is 0.221 e. The van der Waals surface area contributed by atoms with Crippen LogP contribution in [0.5, 0.6) is 0 Å². The molecular formula is C29H26FNO2. The minimum atomic E-state index is -0.342. The molecule has 3 nitrogen and oxygen atoms in total. The summed E-state index contributed by atoms with van der Waals surface area (Å²) in [5, 5.41) is 5.13. The lowest BCUT2D eigenvalue weighted by Gasteiger charge is -2.34. The van der Waals surface area contributed by atoms with Crippen molar-refractivity contribution in [3.63, 3.8) is 0 Å². The molecule has 3 aromatic carbocycles. The third-order valence-corrected chi connectivity index (χ3v) is 6.83. The summed E-state index contributed by atoms with van der Waals surface area (Å²) in [5.41, 5.74) is 5.82. The highest BCUT2D eigenvalue weighted by atomic mass is 19.1. The third-order valence-electron chi connectivity index (χ3n) is 6.83. The number of rotatable bonds is 3. The summed E-state index contributed by atoms with van der Waals surface area (Å²) in [5.74, 6) is -0.688. The first kappa shape index (κ1) is 21.3. The first-order chi connectivity index (χ1) is 15.7. The minimum Gasteiger partial charge on any atom is -0.326 e. The van der Waals surface area contributed by atoms with Crippen molar-refractivity contribution in [2.75, 3.05) is 5.32 Å². The Balaban J connectivity index is 1.66. The molecule has 0 saturated carbocycles. The predicted octanol–water partition coefficient (Wildman–Crippen LogP) is 4.75. The Hall–Kier alpha value is -3.53. The number of hydrogen-bond donors (Lipinski definition) is 1. The van der Waals surface area contributed by atoms with Crippen LogP contribution in [0.4, 0.5) is 10.1 Å². The largest absolute Gasteiger partial charge is 0.326 e. The van der Waals surface area contributed by atoms with Crippen LogP contribution < -0.4 is 15.8 Å². The summed E-state index contributed by atoms with van der Waals surface area (Å²) >= 11 is 0. The first-order valence-electron chi connectivity index (χ1n) is 11.3. The van der Waals surface area contributed by atoms with E-state index in [4.69, 9.17) is 0 Å². The van der Waals surface area contributed by atoms with Gasteiger partial charge in [-0.1, -0.05) is 44.2 Å². The molecule has 0 saturated heterocycles. The monoisotopic (exact) mass is 439 g/mol. The van der Waals surface area contributed by atoms with Crippen LogP contribution in [0, 0.1) is 11.7 Å². The lowest BCUT2D eigenvalue weighted by atomic mass is 9.69. The Kier molecular flexibility index (Phi) is 5.04. The van der Waals surface area contributed by atoms with Crippen LogP contribution >= 0.6 is 0 Å². The molecule has 33 heavy (non-hydrogen) atoms. The first-order valence-corrected chi connectivity index (χ1v) is 11.3. The number of carbonyl (C=O) groups is 2. The molecule has 0 bridgehead atoms. The summed E-state index contributed by atoms with van der Waals surface area (Å²) in [6.45, 7) is 5.87. The van der Waals surface area contributed by atoms with Crippen molar-refractivity contribution in [1.82, 2.24) is 0 Å². The van der Waals surface area contributed by atoms with Gasteiger partial charge < -0.3 is 5.32 Å². The standard InChI is InChI=1S/C29H26FNO2/c1-17(32)31-22-10-6-18-7-11-24-23(25(18)15-22)12-13-27-26(24)14-20(16-29(27,2)3)28(33)19-4-8-21(30)9-5-19/h4-6,8-15,20H,7,16H2,1-3H3,(H,31,32). The van der Waals surface area contributed by atoms with Gasteiger partial charge in [-0.3, -0.25) is 9.59 Å². The zero-order valence-electron chi connectivity index (χ0n) is 19.0. The number of Topliss-reactive ketones (excluding diaryl/α,β-unsaturated/α-hetero) is 1. The second kappa shape index (κ2) is 7.80. The van der Waals surface area contributed by atoms with E-state index in [0.29, 0.717) is 12.0 Å². The van der Waals surface area contributed by atoms with Gasteiger partial charge in [-0.25, -0.2) is 4.39 Å². The van der Waals surface area contributed by atoms with Crippen LogP contribution in [0.15, 0.2) is 54.6 Å². The smallest absolute Gasteiger partial charge is 0.221 e. The van der Waals surface area contributed by atoms with Gasteiger partial charge in [0.1, 0.15) is 5.82 Å². The van der Waals surface area contributed by atoms with E-state index in [1.807, 2.05) is 12.1 Å². The fourth-order valence-corrected chi connectivity index (χ4v) is 5.28. The van der Waals surface area contributed by atoms with E-state index in [9.17, 15) is 14.0 Å². The lowest BCUT2D eigenvalue weighted by Crippen LogP contribution is -2.43. The van der Waals surface area contributed by atoms with Gasteiger partial charge in [0.2, 0.25) is 5.91 Å². The molecule has 3 aromatic rings. The van der Waals surface area contributed by atoms with Crippen LogP contribution in [0.3, 0.4) is 0 Å². The average molecular weight is 440 g/mol. The van der Waals surface area contributed by atoms with Crippen LogP contribution in [-0.2, 0) is 16.6 Å². The van der Waals surface area contributed by atoms with Gasteiger partial charge in [-0.2, -0.15) is 0 Å². The molecule has 0 spiro atoms. The molecule has 1 N–H and O–H groups in total. The molecule has 0 radical (unpaired) electrons. The van der Waals surface area contributed by atoms with Crippen molar-refractivity contribution < 1.29 is 14.0 Å². The summed E-state index contributed by atoms with van der Waals surface area (Å²) in [7, 11) is 0. The molecule has 4 heteroatoms. The molecule has 166 valence electrons. The summed E-state index contributed by atoms with van der Waals surface area (Å²) in [6.07, 6.45) is 5.85. The number of anilines is 1. The van der Waals surface area contributed by atoms with Crippen molar-refractivity contribution in [2.24, 2.45) is 5.92 Å². The van der Waals surface area contributed by atoms with Gasteiger partial charge in [0.25, 0.3) is 0 Å². The maximum absolute atomic E-state index is 13.4. The van der Waals surface area contributed by atoms with Gasteiger partial charge >= 0.3 is 0 Å². The SMILES string of the molecule is CC(=O)Nc1ccc2c(c1)-c1ccc3c(c1=CC2)=CC(C(=O)c1ccc(F)cc1)CC3(C)C. The Bertz CT molecular complexity index is 1420. The average Bonchev–Trinajstić information content (AvgIpc) is 2.77. The predicted molar refractivity (Wildman–Crippen MR) is 130 cm³/mol. The molecule has 2 aliphatic rings. The fourth-order valence-electron chi connectivity index (χ4n) is 5.28. The highest BCUT2D eigenvalue weighted by Gasteiger charge is 2.33.